The highest BCUT2D eigenvalue weighted by Gasteiger charge is 2.00. The fourth-order valence-electron chi connectivity index (χ4n) is 1.14. The van der Waals surface area contributed by atoms with E-state index in [2.05, 4.69) is 10.5 Å². The summed E-state index contributed by atoms with van der Waals surface area (Å²) >= 11 is 0. The highest BCUT2D eigenvalue weighted by Crippen LogP contribution is 2.04. The van der Waals surface area contributed by atoms with E-state index >= 15 is 0 Å². The van der Waals surface area contributed by atoms with Gasteiger partial charge in [0.15, 0.2) is 5.84 Å². The molecular formula is C10H14N2O. The van der Waals surface area contributed by atoms with E-state index in [9.17, 15) is 0 Å². The molecule has 0 radical (unpaired) electrons. The normalized spacial score (nSPS) is 11.5. The highest BCUT2D eigenvalue weighted by molar-refractivity contribution is 5.98. The highest BCUT2D eigenvalue weighted by atomic mass is 16.5. The summed E-state index contributed by atoms with van der Waals surface area (Å²) in [5.74, 6) is 0.520. The minimum atomic E-state index is 0.520. The Hall–Kier alpha value is -1.35. The maximum Gasteiger partial charge on any atom is 0.152 e. The summed E-state index contributed by atoms with van der Waals surface area (Å²) in [4.78, 5) is 4.11. The third kappa shape index (κ3) is 2.56. The van der Waals surface area contributed by atoms with Crippen molar-refractivity contribution in [2.75, 3.05) is 6.54 Å². The second-order valence-electron chi connectivity index (χ2n) is 2.80. The monoisotopic (exact) mass is 178 g/mol. The molecule has 0 spiro atoms. The van der Waals surface area contributed by atoms with Crippen molar-refractivity contribution in [1.29, 1.82) is 0 Å². The van der Waals surface area contributed by atoms with Gasteiger partial charge in [-0.05, 0) is 19.9 Å². The fourth-order valence-corrected chi connectivity index (χ4v) is 1.14. The molecule has 0 heterocycles. The van der Waals surface area contributed by atoms with E-state index in [1.807, 2.05) is 38.1 Å². The average Bonchev–Trinajstić information content (AvgIpc) is 2.14. The van der Waals surface area contributed by atoms with Gasteiger partial charge in [0.05, 0.1) is 0 Å². The number of amidine groups is 1. The van der Waals surface area contributed by atoms with Crippen LogP contribution in [0.5, 0.6) is 0 Å². The van der Waals surface area contributed by atoms with Crippen LogP contribution in [0.2, 0.25) is 0 Å². The van der Waals surface area contributed by atoms with E-state index in [0.717, 1.165) is 11.1 Å². The standard InChI is InChI=1S/C10H14N2O/c1-3-11-10(12-13)9-6-4-5-8(2)7-9/h4-7,13H,3H2,1-2H3,(H,11,12). The molecule has 2 N–H and O–H groups in total. The number of rotatable bonds is 2. The van der Waals surface area contributed by atoms with E-state index in [4.69, 9.17) is 5.21 Å². The van der Waals surface area contributed by atoms with E-state index in [0.29, 0.717) is 12.4 Å². The van der Waals surface area contributed by atoms with Gasteiger partial charge in [-0.3, -0.25) is 15.7 Å². The maximum absolute atomic E-state index is 8.82. The van der Waals surface area contributed by atoms with Crippen molar-refractivity contribution in [1.82, 2.24) is 5.48 Å². The lowest BCUT2D eigenvalue weighted by Gasteiger charge is -2.04. The number of aliphatic imine (C=N–C) groups is 1. The first-order chi connectivity index (χ1) is 6.27. The Bertz CT molecular complexity index is 308. The second kappa shape index (κ2) is 4.62. The van der Waals surface area contributed by atoms with Gasteiger partial charge in [-0.25, -0.2) is 0 Å². The number of hydrogen-bond acceptors (Lipinski definition) is 2. The quantitative estimate of drug-likeness (QED) is 0.411. The molecule has 0 unspecified atom stereocenters. The van der Waals surface area contributed by atoms with Gasteiger partial charge in [0.2, 0.25) is 0 Å². The van der Waals surface area contributed by atoms with Crippen LogP contribution < -0.4 is 5.48 Å². The molecule has 1 rings (SSSR count). The minimum absolute atomic E-state index is 0.520. The summed E-state index contributed by atoms with van der Waals surface area (Å²) in [5.41, 5.74) is 4.15. The molecule has 0 aliphatic rings. The van der Waals surface area contributed by atoms with Crippen LogP contribution in [0.15, 0.2) is 29.3 Å². The molecular weight excluding hydrogens is 164 g/mol. The molecule has 0 bridgehead atoms. The third-order valence-corrected chi connectivity index (χ3v) is 1.71. The number of benzene rings is 1. The molecule has 0 fully saturated rings. The van der Waals surface area contributed by atoms with Crippen molar-refractivity contribution in [2.24, 2.45) is 4.99 Å². The van der Waals surface area contributed by atoms with Crippen LogP contribution in [-0.2, 0) is 0 Å². The van der Waals surface area contributed by atoms with E-state index in [1.165, 1.54) is 0 Å². The van der Waals surface area contributed by atoms with Crippen LogP contribution in [0, 0.1) is 6.92 Å². The first kappa shape index (κ1) is 9.74. The van der Waals surface area contributed by atoms with Gasteiger partial charge < -0.3 is 0 Å². The Morgan fingerprint density at radius 1 is 1.54 bits per heavy atom. The number of nitrogens with one attached hydrogen (secondary N) is 1. The van der Waals surface area contributed by atoms with Crippen LogP contribution >= 0.6 is 0 Å². The van der Waals surface area contributed by atoms with Crippen molar-refractivity contribution < 1.29 is 5.21 Å². The van der Waals surface area contributed by atoms with Gasteiger partial charge in [-0.1, -0.05) is 23.8 Å². The van der Waals surface area contributed by atoms with Crippen LogP contribution in [0.3, 0.4) is 0 Å². The molecule has 3 heteroatoms. The van der Waals surface area contributed by atoms with E-state index < -0.39 is 0 Å². The van der Waals surface area contributed by atoms with Crippen molar-refractivity contribution in [2.45, 2.75) is 13.8 Å². The number of hydrogen-bond donors (Lipinski definition) is 2. The SMILES string of the molecule is CCN=C(NO)c1cccc(C)c1. The molecule has 13 heavy (non-hydrogen) atoms. The smallest absolute Gasteiger partial charge is 0.152 e. The summed E-state index contributed by atoms with van der Waals surface area (Å²) in [7, 11) is 0. The van der Waals surface area contributed by atoms with Gasteiger partial charge in [0.1, 0.15) is 0 Å². The lowest BCUT2D eigenvalue weighted by molar-refractivity contribution is 0.234. The maximum atomic E-state index is 8.82. The van der Waals surface area contributed by atoms with Gasteiger partial charge in [0, 0.05) is 12.1 Å². The van der Waals surface area contributed by atoms with E-state index in [-0.39, 0.29) is 0 Å². The van der Waals surface area contributed by atoms with Crippen molar-refractivity contribution in [3.63, 3.8) is 0 Å². The summed E-state index contributed by atoms with van der Waals surface area (Å²) < 4.78 is 0. The zero-order chi connectivity index (χ0) is 9.68. The summed E-state index contributed by atoms with van der Waals surface area (Å²) in [6.07, 6.45) is 0. The molecule has 70 valence electrons. The molecule has 0 saturated carbocycles. The Balaban J connectivity index is 2.98. The lowest BCUT2D eigenvalue weighted by Crippen LogP contribution is -2.20. The molecule has 0 atom stereocenters. The Labute approximate surface area is 78.1 Å². The van der Waals surface area contributed by atoms with Gasteiger partial charge in [-0.2, -0.15) is 0 Å². The Kier molecular flexibility index (Phi) is 3.46. The van der Waals surface area contributed by atoms with Gasteiger partial charge in [-0.15, -0.1) is 0 Å². The minimum Gasteiger partial charge on any atom is -0.290 e. The van der Waals surface area contributed by atoms with Crippen LogP contribution in [0.1, 0.15) is 18.1 Å². The number of aryl methyl sites for hydroxylation is 1. The molecule has 1 aromatic carbocycles. The van der Waals surface area contributed by atoms with Gasteiger partial charge in [0.25, 0.3) is 0 Å². The molecule has 0 amide bonds. The second-order valence-corrected chi connectivity index (χ2v) is 2.80. The van der Waals surface area contributed by atoms with Crippen molar-refractivity contribution >= 4 is 5.84 Å². The molecule has 0 aromatic heterocycles. The zero-order valence-corrected chi connectivity index (χ0v) is 7.91. The summed E-state index contributed by atoms with van der Waals surface area (Å²) in [6.45, 7) is 4.58. The van der Waals surface area contributed by atoms with Crippen molar-refractivity contribution in [3.05, 3.63) is 35.4 Å². The molecule has 1 aromatic rings. The van der Waals surface area contributed by atoms with Crippen LogP contribution in [0.4, 0.5) is 0 Å². The molecule has 0 aliphatic heterocycles. The zero-order valence-electron chi connectivity index (χ0n) is 7.91. The average molecular weight is 178 g/mol. The fraction of sp³-hybridized carbons (Fsp3) is 0.300. The summed E-state index contributed by atoms with van der Waals surface area (Å²) in [5, 5.41) is 8.82. The molecule has 0 aliphatic carbocycles. The predicted molar refractivity (Wildman–Crippen MR) is 53.2 cm³/mol. The van der Waals surface area contributed by atoms with E-state index in [1.54, 1.807) is 0 Å². The predicted octanol–water partition coefficient (Wildman–Crippen LogP) is 1.74. The summed E-state index contributed by atoms with van der Waals surface area (Å²) in [6, 6.07) is 7.82. The molecule has 0 saturated heterocycles. The first-order valence-electron chi connectivity index (χ1n) is 4.29. The third-order valence-electron chi connectivity index (χ3n) is 1.71. The number of nitrogens with zero attached hydrogens (tertiary/aromatic N) is 1. The van der Waals surface area contributed by atoms with Crippen LogP contribution in [-0.4, -0.2) is 17.6 Å². The topological polar surface area (TPSA) is 44.6 Å². The molecule has 3 nitrogen and oxygen atoms in total. The largest absolute Gasteiger partial charge is 0.290 e. The van der Waals surface area contributed by atoms with Gasteiger partial charge >= 0.3 is 0 Å². The van der Waals surface area contributed by atoms with Crippen molar-refractivity contribution in [3.8, 4) is 0 Å². The first-order valence-corrected chi connectivity index (χ1v) is 4.29. The Morgan fingerprint density at radius 3 is 2.85 bits per heavy atom. The van der Waals surface area contributed by atoms with Crippen LogP contribution in [0.25, 0.3) is 0 Å². The Morgan fingerprint density at radius 2 is 2.31 bits per heavy atom. The lowest BCUT2D eigenvalue weighted by atomic mass is 10.1. The number of hydroxylamine groups is 1.